The number of unbranched alkanes of at least 4 members (excludes halogenated alkanes) is 16. The number of hydrogen-bond acceptors (Lipinski definition) is 3. The van der Waals surface area contributed by atoms with Crippen LogP contribution < -0.4 is 9.47 Å². The van der Waals surface area contributed by atoms with Gasteiger partial charge < -0.3 is 9.47 Å². The Morgan fingerprint density at radius 1 is 0.525 bits per heavy atom. The van der Waals surface area contributed by atoms with Gasteiger partial charge in [-0.15, -0.1) is 0 Å². The van der Waals surface area contributed by atoms with Crippen molar-refractivity contribution in [3.05, 3.63) is 65.7 Å². The second kappa shape index (κ2) is 23.2. The number of hydrogen-bond donors (Lipinski definition) is 0. The quantitative estimate of drug-likeness (QED) is 0.0703. The molecule has 0 aliphatic rings. The van der Waals surface area contributed by atoms with Crippen molar-refractivity contribution in [2.75, 3.05) is 13.2 Å². The summed E-state index contributed by atoms with van der Waals surface area (Å²) in [6.45, 7) is 5.92. The highest BCUT2D eigenvalue weighted by molar-refractivity contribution is 6.06. The second-order valence-corrected chi connectivity index (χ2v) is 11.1. The Bertz CT molecular complexity index is 898. The first-order valence-corrected chi connectivity index (χ1v) is 16.4. The van der Waals surface area contributed by atoms with Crippen LogP contribution in [0.1, 0.15) is 145 Å². The average molecular weight is 549 g/mol. The molecule has 0 N–H and O–H groups in total. The second-order valence-electron chi connectivity index (χ2n) is 11.1. The summed E-state index contributed by atoms with van der Waals surface area (Å²) in [6, 6.07) is 15.3. The summed E-state index contributed by atoms with van der Waals surface area (Å²) >= 11 is 0. The Labute approximate surface area is 245 Å². The van der Waals surface area contributed by atoms with Crippen LogP contribution in [-0.2, 0) is 0 Å². The molecule has 0 saturated heterocycles. The molecule has 0 atom stereocenters. The molecular formula is C37H56O3. The molecule has 2 rings (SSSR count). The zero-order chi connectivity index (χ0) is 28.5. The van der Waals surface area contributed by atoms with Gasteiger partial charge >= 0.3 is 0 Å². The Balaban J connectivity index is 1.47. The van der Waals surface area contributed by atoms with Crippen molar-refractivity contribution in [1.82, 2.24) is 0 Å². The minimum absolute atomic E-state index is 0.00683. The lowest BCUT2D eigenvalue weighted by atomic mass is 10.0. The molecule has 0 unspecified atom stereocenters. The monoisotopic (exact) mass is 548 g/mol. The van der Waals surface area contributed by atoms with Crippen molar-refractivity contribution in [2.45, 2.75) is 129 Å². The van der Waals surface area contributed by atoms with Gasteiger partial charge in [-0.2, -0.15) is 0 Å². The predicted octanol–water partition coefficient (Wildman–Crippen LogP) is 11.4. The van der Waals surface area contributed by atoms with Crippen molar-refractivity contribution in [2.24, 2.45) is 0 Å². The number of rotatable bonds is 25. The lowest BCUT2D eigenvalue weighted by molar-refractivity contribution is 0.104. The summed E-state index contributed by atoms with van der Waals surface area (Å²) < 4.78 is 11.6. The largest absolute Gasteiger partial charge is 0.494 e. The Kier molecular flexibility index (Phi) is 19.5. The van der Waals surface area contributed by atoms with Crippen molar-refractivity contribution in [3.8, 4) is 11.5 Å². The molecule has 0 heterocycles. The van der Waals surface area contributed by atoms with E-state index in [1.54, 1.807) is 6.08 Å². The molecule has 0 amide bonds. The van der Waals surface area contributed by atoms with E-state index in [1.165, 1.54) is 96.3 Å². The third kappa shape index (κ3) is 16.5. The van der Waals surface area contributed by atoms with Crippen molar-refractivity contribution in [3.63, 3.8) is 0 Å². The minimum Gasteiger partial charge on any atom is -0.494 e. The maximum Gasteiger partial charge on any atom is 0.185 e. The molecule has 0 spiro atoms. The first kappa shape index (κ1) is 33.7. The fourth-order valence-electron chi connectivity index (χ4n) is 4.83. The smallest absolute Gasteiger partial charge is 0.185 e. The lowest BCUT2D eigenvalue weighted by Gasteiger charge is -2.07. The third-order valence-corrected chi connectivity index (χ3v) is 7.48. The van der Waals surface area contributed by atoms with Gasteiger partial charge in [0.2, 0.25) is 0 Å². The van der Waals surface area contributed by atoms with E-state index in [-0.39, 0.29) is 5.78 Å². The number of ketones is 1. The van der Waals surface area contributed by atoms with Crippen LogP contribution in [0.4, 0.5) is 0 Å². The van der Waals surface area contributed by atoms with Crippen LogP contribution in [0.15, 0.2) is 54.6 Å². The van der Waals surface area contributed by atoms with E-state index < -0.39 is 0 Å². The molecule has 0 bridgehead atoms. The number of benzene rings is 2. The third-order valence-electron chi connectivity index (χ3n) is 7.48. The SMILES string of the molecule is CCCCCCCCCCCCCCCCCCOc1ccc(C(=O)C=Cc2ccc(OCCCC)cc2)cc1. The minimum atomic E-state index is -0.00683. The number of ether oxygens (including phenoxy) is 2. The summed E-state index contributed by atoms with van der Waals surface area (Å²) in [5.41, 5.74) is 1.65. The van der Waals surface area contributed by atoms with Gasteiger partial charge in [-0.25, -0.2) is 0 Å². The van der Waals surface area contributed by atoms with E-state index in [2.05, 4.69) is 13.8 Å². The van der Waals surface area contributed by atoms with Crippen molar-refractivity contribution >= 4 is 11.9 Å². The molecule has 2 aromatic rings. The standard InChI is InChI=1S/C37H56O3/c1-3-5-7-8-9-10-11-12-13-14-15-16-17-18-19-20-32-40-36-28-24-34(25-29-36)37(38)30-23-33-21-26-35(27-22-33)39-31-6-4-2/h21-30H,3-20,31-32H2,1-2H3. The van der Waals surface area contributed by atoms with Gasteiger partial charge in [-0.1, -0.05) is 135 Å². The highest BCUT2D eigenvalue weighted by atomic mass is 16.5. The van der Waals surface area contributed by atoms with Gasteiger partial charge in [0.1, 0.15) is 11.5 Å². The van der Waals surface area contributed by atoms with Gasteiger partial charge in [0.15, 0.2) is 5.78 Å². The topological polar surface area (TPSA) is 35.5 Å². The van der Waals surface area contributed by atoms with Gasteiger partial charge in [-0.05, 0) is 60.9 Å². The fraction of sp³-hybridized carbons (Fsp3) is 0.595. The molecule has 0 fully saturated rings. The highest BCUT2D eigenvalue weighted by Gasteiger charge is 2.03. The molecule has 3 nitrogen and oxygen atoms in total. The molecule has 0 aliphatic carbocycles. The first-order chi connectivity index (χ1) is 19.7. The molecule has 0 aromatic heterocycles. The summed E-state index contributed by atoms with van der Waals surface area (Å²) in [4.78, 5) is 12.5. The molecule has 0 saturated carbocycles. The van der Waals surface area contributed by atoms with Gasteiger partial charge in [0.05, 0.1) is 13.2 Å². The molecule has 2 aromatic carbocycles. The molecule has 3 heteroatoms. The zero-order valence-corrected chi connectivity index (χ0v) is 25.6. The zero-order valence-electron chi connectivity index (χ0n) is 25.6. The fourth-order valence-corrected chi connectivity index (χ4v) is 4.83. The van der Waals surface area contributed by atoms with Crippen molar-refractivity contribution < 1.29 is 14.3 Å². The van der Waals surface area contributed by atoms with Crippen LogP contribution in [0.2, 0.25) is 0 Å². The Morgan fingerprint density at radius 2 is 0.925 bits per heavy atom. The summed E-state index contributed by atoms with van der Waals surface area (Å²) in [6.07, 6.45) is 27.6. The maximum absolute atomic E-state index is 12.5. The number of carbonyl (C=O) groups excluding carboxylic acids is 1. The van der Waals surface area contributed by atoms with Crippen LogP contribution >= 0.6 is 0 Å². The van der Waals surface area contributed by atoms with Gasteiger partial charge in [0, 0.05) is 5.56 Å². The first-order valence-electron chi connectivity index (χ1n) is 16.4. The van der Waals surface area contributed by atoms with E-state index in [4.69, 9.17) is 9.47 Å². The lowest BCUT2D eigenvalue weighted by Crippen LogP contribution is -1.99. The normalized spacial score (nSPS) is 11.2. The summed E-state index contributed by atoms with van der Waals surface area (Å²) in [7, 11) is 0. The van der Waals surface area contributed by atoms with Crippen LogP contribution in [0.25, 0.3) is 6.08 Å². The maximum atomic E-state index is 12.5. The van der Waals surface area contributed by atoms with E-state index >= 15 is 0 Å². The number of carbonyl (C=O) groups is 1. The molecule has 222 valence electrons. The Morgan fingerprint density at radius 3 is 1.40 bits per heavy atom. The van der Waals surface area contributed by atoms with E-state index in [9.17, 15) is 4.79 Å². The highest BCUT2D eigenvalue weighted by Crippen LogP contribution is 2.17. The van der Waals surface area contributed by atoms with E-state index in [0.717, 1.165) is 49.5 Å². The van der Waals surface area contributed by atoms with Gasteiger partial charge in [0.25, 0.3) is 0 Å². The van der Waals surface area contributed by atoms with Crippen molar-refractivity contribution in [1.29, 1.82) is 0 Å². The predicted molar refractivity (Wildman–Crippen MR) is 172 cm³/mol. The average Bonchev–Trinajstić information content (AvgIpc) is 2.98. The Hall–Kier alpha value is -2.55. The van der Waals surface area contributed by atoms with E-state index in [1.807, 2.05) is 54.6 Å². The summed E-state index contributed by atoms with van der Waals surface area (Å²) in [5.74, 6) is 1.69. The van der Waals surface area contributed by atoms with Crippen LogP contribution in [0.3, 0.4) is 0 Å². The molecule has 40 heavy (non-hydrogen) atoms. The van der Waals surface area contributed by atoms with Crippen LogP contribution in [-0.4, -0.2) is 19.0 Å². The molecule has 0 radical (unpaired) electrons. The molecular weight excluding hydrogens is 492 g/mol. The van der Waals surface area contributed by atoms with Crippen LogP contribution in [0, 0.1) is 0 Å². The number of allylic oxidation sites excluding steroid dienone is 1. The summed E-state index contributed by atoms with van der Waals surface area (Å²) in [5, 5.41) is 0. The molecule has 0 aliphatic heterocycles. The van der Waals surface area contributed by atoms with Crippen LogP contribution in [0.5, 0.6) is 11.5 Å². The van der Waals surface area contributed by atoms with E-state index in [0.29, 0.717) is 5.56 Å². The van der Waals surface area contributed by atoms with Gasteiger partial charge in [-0.3, -0.25) is 4.79 Å².